The molecule has 2 aromatic rings. The number of anilines is 1. The van der Waals surface area contributed by atoms with E-state index in [4.69, 9.17) is 0 Å². The zero-order chi connectivity index (χ0) is 15.0. The standard InChI is InChI=1S/C13H14N4O3S/c1-7-15-10-4-9(11(17(19)20)5-12(10)21-7)14-6-13(18)16-8-2-3-8/h4-5,8,14H,2-3,6H2,1H3,(H,16,18). The number of nitrogens with one attached hydrogen (secondary N) is 2. The van der Waals surface area contributed by atoms with E-state index in [0.29, 0.717) is 11.2 Å². The number of aromatic nitrogens is 1. The van der Waals surface area contributed by atoms with E-state index in [1.807, 2.05) is 6.92 Å². The van der Waals surface area contributed by atoms with Crippen molar-refractivity contribution >= 4 is 38.8 Å². The zero-order valence-electron chi connectivity index (χ0n) is 11.4. The zero-order valence-corrected chi connectivity index (χ0v) is 12.2. The fraction of sp³-hybridized carbons (Fsp3) is 0.385. The Hall–Kier alpha value is -2.22. The van der Waals surface area contributed by atoms with Crippen molar-refractivity contribution in [3.05, 3.63) is 27.3 Å². The summed E-state index contributed by atoms with van der Waals surface area (Å²) in [7, 11) is 0. The van der Waals surface area contributed by atoms with E-state index < -0.39 is 4.92 Å². The number of amides is 1. The molecule has 1 aromatic heterocycles. The average Bonchev–Trinajstić information content (AvgIpc) is 3.14. The maximum atomic E-state index is 11.7. The summed E-state index contributed by atoms with van der Waals surface area (Å²) < 4.78 is 0.771. The Labute approximate surface area is 124 Å². The lowest BCUT2D eigenvalue weighted by molar-refractivity contribution is -0.383. The van der Waals surface area contributed by atoms with Gasteiger partial charge in [-0.05, 0) is 25.8 Å². The first-order valence-corrected chi connectivity index (χ1v) is 7.43. The van der Waals surface area contributed by atoms with Crippen molar-refractivity contribution in [2.75, 3.05) is 11.9 Å². The summed E-state index contributed by atoms with van der Waals surface area (Å²) in [6.07, 6.45) is 2.02. The maximum Gasteiger partial charge on any atom is 0.293 e. The minimum atomic E-state index is -0.449. The van der Waals surface area contributed by atoms with Crippen LogP contribution in [0.25, 0.3) is 10.2 Å². The maximum absolute atomic E-state index is 11.7. The van der Waals surface area contributed by atoms with E-state index in [2.05, 4.69) is 15.6 Å². The van der Waals surface area contributed by atoms with E-state index in [1.54, 1.807) is 6.07 Å². The predicted octanol–water partition coefficient (Wildman–Crippen LogP) is 2.20. The van der Waals surface area contributed by atoms with Gasteiger partial charge in [-0.15, -0.1) is 11.3 Å². The van der Waals surface area contributed by atoms with Crippen molar-refractivity contribution in [2.45, 2.75) is 25.8 Å². The number of carbonyl (C=O) groups is 1. The van der Waals surface area contributed by atoms with Crippen LogP contribution in [0, 0.1) is 17.0 Å². The van der Waals surface area contributed by atoms with Gasteiger partial charge in [0.05, 0.1) is 26.7 Å². The van der Waals surface area contributed by atoms with Crippen LogP contribution in [-0.4, -0.2) is 28.4 Å². The minimum absolute atomic E-state index is 0.0198. The van der Waals surface area contributed by atoms with E-state index in [1.165, 1.54) is 17.4 Å². The second kappa shape index (κ2) is 5.28. The molecule has 7 nitrogen and oxygen atoms in total. The minimum Gasteiger partial charge on any atom is -0.370 e. The number of aryl methyl sites for hydroxylation is 1. The largest absolute Gasteiger partial charge is 0.370 e. The number of benzene rings is 1. The molecule has 1 heterocycles. The van der Waals surface area contributed by atoms with Gasteiger partial charge in [-0.25, -0.2) is 4.98 Å². The molecule has 1 aliphatic carbocycles. The van der Waals surface area contributed by atoms with Gasteiger partial charge in [-0.2, -0.15) is 0 Å². The molecule has 1 aliphatic rings. The average molecular weight is 306 g/mol. The number of fused-ring (bicyclic) bond motifs is 1. The molecule has 21 heavy (non-hydrogen) atoms. The van der Waals surface area contributed by atoms with E-state index in [0.717, 1.165) is 22.5 Å². The molecule has 1 saturated carbocycles. The highest BCUT2D eigenvalue weighted by atomic mass is 32.1. The third kappa shape index (κ3) is 3.10. The van der Waals surface area contributed by atoms with Crippen molar-refractivity contribution in [3.63, 3.8) is 0 Å². The summed E-state index contributed by atoms with van der Waals surface area (Å²) in [6.45, 7) is 1.87. The van der Waals surface area contributed by atoms with E-state index in [9.17, 15) is 14.9 Å². The predicted molar refractivity (Wildman–Crippen MR) is 80.7 cm³/mol. The second-order valence-corrected chi connectivity index (χ2v) is 6.26. The summed E-state index contributed by atoms with van der Waals surface area (Å²) in [6, 6.07) is 3.40. The fourth-order valence-electron chi connectivity index (χ4n) is 2.05. The second-order valence-electron chi connectivity index (χ2n) is 5.02. The molecule has 110 valence electrons. The Morgan fingerprint density at radius 3 is 2.95 bits per heavy atom. The number of nitrogens with zero attached hydrogens (tertiary/aromatic N) is 2. The van der Waals surface area contributed by atoms with Crippen LogP contribution in [0.5, 0.6) is 0 Å². The third-order valence-electron chi connectivity index (χ3n) is 3.19. The van der Waals surface area contributed by atoms with Crippen molar-refractivity contribution in [2.24, 2.45) is 0 Å². The number of rotatable bonds is 5. The van der Waals surface area contributed by atoms with E-state index >= 15 is 0 Å². The van der Waals surface area contributed by atoms with Crippen LogP contribution in [0.15, 0.2) is 12.1 Å². The molecule has 0 bridgehead atoms. The van der Waals surface area contributed by atoms with Gasteiger partial charge in [0.1, 0.15) is 5.69 Å². The highest BCUT2D eigenvalue weighted by Gasteiger charge is 2.23. The third-order valence-corrected chi connectivity index (χ3v) is 4.12. The topological polar surface area (TPSA) is 97.2 Å². The monoisotopic (exact) mass is 306 g/mol. The molecule has 3 rings (SSSR count). The molecular weight excluding hydrogens is 292 g/mol. The lowest BCUT2D eigenvalue weighted by atomic mass is 10.2. The lowest BCUT2D eigenvalue weighted by Gasteiger charge is -2.07. The Bertz CT molecular complexity index is 724. The van der Waals surface area contributed by atoms with Gasteiger partial charge < -0.3 is 10.6 Å². The molecule has 1 aromatic carbocycles. The van der Waals surface area contributed by atoms with Crippen molar-refractivity contribution in [1.29, 1.82) is 0 Å². The van der Waals surface area contributed by atoms with Crippen LogP contribution >= 0.6 is 11.3 Å². The number of nitro groups is 1. The molecule has 8 heteroatoms. The molecule has 0 radical (unpaired) electrons. The lowest BCUT2D eigenvalue weighted by Crippen LogP contribution is -2.31. The van der Waals surface area contributed by atoms with Crippen LogP contribution in [0.3, 0.4) is 0 Å². The molecule has 0 unspecified atom stereocenters. The molecule has 0 spiro atoms. The smallest absolute Gasteiger partial charge is 0.293 e. The normalized spacial score (nSPS) is 14.1. The Balaban J connectivity index is 1.82. The first kappa shape index (κ1) is 13.7. The first-order chi connectivity index (χ1) is 10.0. The number of hydrogen-bond acceptors (Lipinski definition) is 6. The number of hydrogen-bond donors (Lipinski definition) is 2. The molecule has 0 aliphatic heterocycles. The summed E-state index contributed by atoms with van der Waals surface area (Å²) in [5, 5.41) is 17.7. The van der Waals surface area contributed by atoms with Crippen LogP contribution in [0.2, 0.25) is 0 Å². The van der Waals surface area contributed by atoms with Crippen molar-refractivity contribution < 1.29 is 9.72 Å². The molecule has 0 saturated heterocycles. The van der Waals surface area contributed by atoms with Crippen molar-refractivity contribution in [3.8, 4) is 0 Å². The summed E-state index contributed by atoms with van der Waals surface area (Å²) in [4.78, 5) is 26.7. The van der Waals surface area contributed by atoms with Gasteiger partial charge in [0.15, 0.2) is 0 Å². The van der Waals surface area contributed by atoms with Crippen LogP contribution in [-0.2, 0) is 4.79 Å². The number of carbonyl (C=O) groups excluding carboxylic acids is 1. The Morgan fingerprint density at radius 1 is 1.52 bits per heavy atom. The quantitative estimate of drug-likeness (QED) is 0.652. The van der Waals surface area contributed by atoms with Crippen LogP contribution < -0.4 is 10.6 Å². The number of thiazole rings is 1. The summed E-state index contributed by atoms with van der Waals surface area (Å²) in [5.41, 5.74) is 0.988. The SMILES string of the molecule is Cc1nc2cc(NCC(=O)NC3CC3)c([N+](=O)[O-])cc2s1. The Kier molecular flexibility index (Phi) is 3.46. The van der Waals surface area contributed by atoms with Gasteiger partial charge in [0.2, 0.25) is 5.91 Å². The summed E-state index contributed by atoms with van der Waals surface area (Å²) >= 11 is 1.41. The van der Waals surface area contributed by atoms with Crippen LogP contribution in [0.4, 0.5) is 11.4 Å². The summed E-state index contributed by atoms with van der Waals surface area (Å²) in [5.74, 6) is -0.152. The molecular formula is C13H14N4O3S. The van der Waals surface area contributed by atoms with Gasteiger partial charge >= 0.3 is 0 Å². The molecule has 2 N–H and O–H groups in total. The number of nitro benzene ring substituents is 1. The van der Waals surface area contributed by atoms with E-state index in [-0.39, 0.29) is 24.2 Å². The van der Waals surface area contributed by atoms with Gasteiger partial charge in [0, 0.05) is 12.1 Å². The fourth-order valence-corrected chi connectivity index (χ4v) is 2.89. The first-order valence-electron chi connectivity index (χ1n) is 6.62. The van der Waals surface area contributed by atoms with Gasteiger partial charge in [-0.3, -0.25) is 14.9 Å². The molecule has 1 amide bonds. The van der Waals surface area contributed by atoms with Gasteiger partial charge in [-0.1, -0.05) is 0 Å². The van der Waals surface area contributed by atoms with Crippen LogP contribution in [0.1, 0.15) is 17.8 Å². The molecule has 0 atom stereocenters. The van der Waals surface area contributed by atoms with Crippen molar-refractivity contribution in [1.82, 2.24) is 10.3 Å². The highest BCUT2D eigenvalue weighted by molar-refractivity contribution is 7.18. The Morgan fingerprint density at radius 2 is 2.29 bits per heavy atom. The highest BCUT2D eigenvalue weighted by Crippen LogP contribution is 2.32. The van der Waals surface area contributed by atoms with Gasteiger partial charge in [0.25, 0.3) is 5.69 Å². The molecule has 1 fully saturated rings.